The first kappa shape index (κ1) is 17.9. The molecule has 24 heavy (non-hydrogen) atoms. The van der Waals surface area contributed by atoms with E-state index >= 15 is 0 Å². The average molecular weight is 349 g/mol. The Bertz CT molecular complexity index is 727. The third kappa shape index (κ3) is 4.32. The highest BCUT2D eigenvalue weighted by atomic mass is 35.5. The highest BCUT2D eigenvalue weighted by molar-refractivity contribution is 6.31. The fraction of sp³-hybridized carbons (Fsp3) is 0.222. The van der Waals surface area contributed by atoms with E-state index in [0.29, 0.717) is 12.1 Å². The number of rotatable bonds is 5. The molecule has 2 aromatic carbocycles. The minimum Gasteiger partial charge on any atom is -0.355 e. The van der Waals surface area contributed by atoms with Gasteiger partial charge in [0.25, 0.3) is 5.91 Å². The Morgan fingerprint density at radius 2 is 1.83 bits per heavy atom. The van der Waals surface area contributed by atoms with Crippen LogP contribution in [-0.4, -0.2) is 30.8 Å². The smallest absolute Gasteiger partial charge is 0.251 e. The van der Waals surface area contributed by atoms with Crippen molar-refractivity contribution in [1.82, 2.24) is 10.2 Å². The molecule has 0 fully saturated rings. The number of amides is 2. The molecule has 0 aliphatic rings. The molecule has 6 heteroatoms. The van der Waals surface area contributed by atoms with E-state index in [1.165, 1.54) is 17.0 Å². The highest BCUT2D eigenvalue weighted by Gasteiger charge is 2.15. The minimum absolute atomic E-state index is 0.0989. The van der Waals surface area contributed by atoms with E-state index in [0.717, 1.165) is 5.56 Å². The van der Waals surface area contributed by atoms with Gasteiger partial charge in [0, 0.05) is 36.8 Å². The zero-order valence-electron chi connectivity index (χ0n) is 13.5. The Morgan fingerprint density at radius 1 is 1.17 bits per heavy atom. The van der Waals surface area contributed by atoms with Crippen molar-refractivity contribution < 1.29 is 14.0 Å². The van der Waals surface area contributed by atoms with Crippen molar-refractivity contribution in [2.75, 3.05) is 14.1 Å². The summed E-state index contributed by atoms with van der Waals surface area (Å²) in [5.74, 6) is -0.892. The molecule has 0 heterocycles. The van der Waals surface area contributed by atoms with E-state index in [1.807, 2.05) is 0 Å². The monoisotopic (exact) mass is 348 g/mol. The number of carbonyl (C=O) groups is 2. The van der Waals surface area contributed by atoms with Crippen LogP contribution in [0.4, 0.5) is 4.39 Å². The van der Waals surface area contributed by atoms with E-state index in [2.05, 4.69) is 5.32 Å². The maximum Gasteiger partial charge on any atom is 0.251 e. The Kier molecular flexibility index (Phi) is 5.93. The molecule has 0 radical (unpaired) electrons. The first-order chi connectivity index (χ1) is 11.4. The molecule has 0 unspecified atom stereocenters. The summed E-state index contributed by atoms with van der Waals surface area (Å²) in [5.41, 5.74) is 1.62. The summed E-state index contributed by atoms with van der Waals surface area (Å²) < 4.78 is 13.8. The molecule has 0 saturated heterocycles. The molecular formula is C18H18ClFN2O2. The molecule has 2 aromatic rings. The van der Waals surface area contributed by atoms with Gasteiger partial charge in [-0.2, -0.15) is 0 Å². The van der Waals surface area contributed by atoms with Crippen LogP contribution in [-0.2, 0) is 17.8 Å². The average Bonchev–Trinajstić information content (AvgIpc) is 2.58. The lowest BCUT2D eigenvalue weighted by Crippen LogP contribution is -2.28. The van der Waals surface area contributed by atoms with Crippen LogP contribution in [0, 0.1) is 5.82 Å². The van der Waals surface area contributed by atoms with Crippen molar-refractivity contribution >= 4 is 23.4 Å². The van der Waals surface area contributed by atoms with Crippen molar-refractivity contribution in [2.45, 2.75) is 13.0 Å². The van der Waals surface area contributed by atoms with Crippen LogP contribution >= 0.6 is 11.6 Å². The summed E-state index contributed by atoms with van der Waals surface area (Å²) in [6, 6.07) is 11.3. The van der Waals surface area contributed by atoms with E-state index in [4.69, 9.17) is 11.6 Å². The first-order valence-corrected chi connectivity index (χ1v) is 7.78. The molecule has 126 valence electrons. The van der Waals surface area contributed by atoms with Gasteiger partial charge in [0.2, 0.25) is 5.91 Å². The normalized spacial score (nSPS) is 10.3. The number of hydrogen-bond donors (Lipinski definition) is 1. The van der Waals surface area contributed by atoms with Crippen molar-refractivity contribution in [2.24, 2.45) is 0 Å². The fourth-order valence-electron chi connectivity index (χ4n) is 2.26. The van der Waals surface area contributed by atoms with Gasteiger partial charge in [-0.15, -0.1) is 0 Å². The molecular weight excluding hydrogens is 331 g/mol. The minimum atomic E-state index is -0.487. The van der Waals surface area contributed by atoms with E-state index < -0.39 is 5.82 Å². The lowest BCUT2D eigenvalue weighted by molar-refractivity contribution is -0.129. The molecule has 4 nitrogen and oxygen atoms in total. The van der Waals surface area contributed by atoms with Gasteiger partial charge in [-0.3, -0.25) is 9.59 Å². The van der Waals surface area contributed by atoms with Crippen LogP contribution in [0.15, 0.2) is 42.5 Å². The predicted octanol–water partition coefficient (Wildman–Crippen LogP) is 3.04. The number of nitrogens with zero attached hydrogens (tertiary/aromatic N) is 1. The topological polar surface area (TPSA) is 49.4 Å². The van der Waals surface area contributed by atoms with Gasteiger partial charge in [0.1, 0.15) is 5.82 Å². The number of nitrogens with one attached hydrogen (secondary N) is 1. The summed E-state index contributed by atoms with van der Waals surface area (Å²) in [6.45, 7) is 0.360. The lowest BCUT2D eigenvalue weighted by atomic mass is 10.1. The second-order valence-electron chi connectivity index (χ2n) is 5.40. The van der Waals surface area contributed by atoms with Gasteiger partial charge in [-0.25, -0.2) is 4.39 Å². The Hall–Kier alpha value is -2.40. The van der Waals surface area contributed by atoms with Crippen LogP contribution in [0.25, 0.3) is 0 Å². The van der Waals surface area contributed by atoms with E-state index in [1.54, 1.807) is 44.4 Å². The zero-order chi connectivity index (χ0) is 17.7. The SMILES string of the molecule is CNC(=O)c1ccc(CN(C)C(=O)Cc2c(F)cccc2Cl)cc1. The van der Waals surface area contributed by atoms with Crippen LogP contribution in [0.2, 0.25) is 5.02 Å². The molecule has 0 atom stereocenters. The number of carbonyl (C=O) groups excluding carboxylic acids is 2. The molecule has 0 aromatic heterocycles. The number of benzene rings is 2. The molecule has 0 aliphatic carbocycles. The van der Waals surface area contributed by atoms with E-state index in [9.17, 15) is 14.0 Å². The Labute approximate surface area is 145 Å². The standard InChI is InChI=1S/C18H18ClFN2O2/c1-21-18(24)13-8-6-12(7-9-13)11-22(2)17(23)10-14-15(19)4-3-5-16(14)20/h3-9H,10-11H2,1-2H3,(H,21,24). The maximum atomic E-state index is 13.8. The largest absolute Gasteiger partial charge is 0.355 e. The summed E-state index contributed by atoms with van der Waals surface area (Å²) in [6.07, 6.45) is -0.0989. The number of hydrogen-bond acceptors (Lipinski definition) is 2. The Balaban J connectivity index is 2.02. The molecule has 0 saturated carbocycles. The van der Waals surface area contributed by atoms with Gasteiger partial charge in [-0.1, -0.05) is 29.8 Å². The van der Waals surface area contributed by atoms with Gasteiger partial charge >= 0.3 is 0 Å². The van der Waals surface area contributed by atoms with Crippen LogP contribution in [0.5, 0.6) is 0 Å². The van der Waals surface area contributed by atoms with Crippen molar-refractivity contribution in [3.8, 4) is 0 Å². The summed E-state index contributed by atoms with van der Waals surface area (Å²) in [7, 11) is 3.21. The van der Waals surface area contributed by atoms with Crippen LogP contribution < -0.4 is 5.32 Å². The van der Waals surface area contributed by atoms with Gasteiger partial charge in [0.15, 0.2) is 0 Å². The number of halogens is 2. The second-order valence-corrected chi connectivity index (χ2v) is 5.81. The van der Waals surface area contributed by atoms with Crippen LogP contribution in [0.3, 0.4) is 0 Å². The zero-order valence-corrected chi connectivity index (χ0v) is 14.2. The quantitative estimate of drug-likeness (QED) is 0.903. The predicted molar refractivity (Wildman–Crippen MR) is 91.4 cm³/mol. The third-order valence-electron chi connectivity index (χ3n) is 3.68. The van der Waals surface area contributed by atoms with Crippen molar-refractivity contribution in [1.29, 1.82) is 0 Å². The van der Waals surface area contributed by atoms with E-state index in [-0.39, 0.29) is 28.8 Å². The molecule has 0 aliphatic heterocycles. The summed E-state index contributed by atoms with van der Waals surface area (Å²) in [5, 5.41) is 2.79. The van der Waals surface area contributed by atoms with Crippen molar-refractivity contribution in [3.63, 3.8) is 0 Å². The van der Waals surface area contributed by atoms with Gasteiger partial charge < -0.3 is 10.2 Å². The third-order valence-corrected chi connectivity index (χ3v) is 4.03. The van der Waals surface area contributed by atoms with Gasteiger partial charge in [-0.05, 0) is 29.8 Å². The van der Waals surface area contributed by atoms with Gasteiger partial charge in [0.05, 0.1) is 6.42 Å². The Morgan fingerprint density at radius 3 is 2.42 bits per heavy atom. The molecule has 2 amide bonds. The highest BCUT2D eigenvalue weighted by Crippen LogP contribution is 2.20. The summed E-state index contributed by atoms with van der Waals surface area (Å²) in [4.78, 5) is 25.3. The second kappa shape index (κ2) is 7.93. The first-order valence-electron chi connectivity index (χ1n) is 7.40. The molecule has 1 N–H and O–H groups in total. The fourth-order valence-corrected chi connectivity index (χ4v) is 2.49. The van der Waals surface area contributed by atoms with Crippen LogP contribution in [0.1, 0.15) is 21.5 Å². The maximum absolute atomic E-state index is 13.8. The summed E-state index contributed by atoms with van der Waals surface area (Å²) >= 11 is 5.95. The molecule has 2 rings (SSSR count). The molecule has 0 bridgehead atoms. The molecule has 0 spiro atoms. The number of likely N-dealkylation sites (N-methyl/N-ethyl adjacent to an activating group) is 1. The van der Waals surface area contributed by atoms with Crippen molar-refractivity contribution in [3.05, 3.63) is 70.0 Å². The lowest BCUT2D eigenvalue weighted by Gasteiger charge is -2.18.